The van der Waals surface area contributed by atoms with Gasteiger partial charge in [0.1, 0.15) is 11.9 Å². The minimum atomic E-state index is -0.0866. The van der Waals surface area contributed by atoms with Crippen molar-refractivity contribution in [3.8, 4) is 6.07 Å². The summed E-state index contributed by atoms with van der Waals surface area (Å²) in [5.74, 6) is 0.988. The third-order valence-electron chi connectivity index (χ3n) is 2.44. The van der Waals surface area contributed by atoms with Gasteiger partial charge in [0.2, 0.25) is 5.91 Å². The maximum atomic E-state index is 11.5. The number of rotatable bonds is 4. The quantitative estimate of drug-likeness (QED) is 0.840. The highest BCUT2D eigenvalue weighted by atomic mass is 16.1. The lowest BCUT2D eigenvalue weighted by Crippen LogP contribution is -2.12. The van der Waals surface area contributed by atoms with E-state index in [0.29, 0.717) is 23.8 Å². The normalized spacial score (nSPS) is 9.88. The van der Waals surface area contributed by atoms with Gasteiger partial charge < -0.3 is 9.88 Å². The summed E-state index contributed by atoms with van der Waals surface area (Å²) in [5, 5.41) is 11.6. The molecule has 0 radical (unpaired) electrons. The molecule has 1 N–H and O–H groups in total. The van der Waals surface area contributed by atoms with Gasteiger partial charge in [0.25, 0.3) is 0 Å². The maximum Gasteiger partial charge on any atom is 0.225 e. The summed E-state index contributed by atoms with van der Waals surface area (Å²) < 4.78 is 1.66. The Hall–Kier alpha value is -1.83. The van der Waals surface area contributed by atoms with Crippen LogP contribution in [0.25, 0.3) is 0 Å². The van der Waals surface area contributed by atoms with Crippen LogP contribution in [0.4, 0.5) is 5.82 Å². The highest BCUT2D eigenvalue weighted by molar-refractivity contribution is 5.90. The number of carbonyl (C=O) groups excluding carboxylic acids is 1. The number of anilines is 1. The van der Waals surface area contributed by atoms with E-state index in [9.17, 15) is 4.79 Å². The van der Waals surface area contributed by atoms with E-state index in [1.807, 2.05) is 13.0 Å². The number of unbranched alkanes of at least 4 members (excludes halogenated alkanes) is 1. The first kappa shape index (κ1) is 12.2. The molecule has 1 rings (SSSR count). The van der Waals surface area contributed by atoms with Gasteiger partial charge in [-0.15, -0.1) is 0 Å². The molecule has 0 aliphatic carbocycles. The Morgan fingerprint density at radius 3 is 2.88 bits per heavy atom. The molecule has 0 saturated carbocycles. The van der Waals surface area contributed by atoms with Crippen molar-refractivity contribution >= 4 is 11.7 Å². The lowest BCUT2D eigenvalue weighted by molar-refractivity contribution is -0.116. The van der Waals surface area contributed by atoms with Crippen molar-refractivity contribution in [3.05, 3.63) is 11.5 Å². The minimum absolute atomic E-state index is 0.0866. The van der Waals surface area contributed by atoms with Gasteiger partial charge in [0.15, 0.2) is 11.5 Å². The van der Waals surface area contributed by atoms with Crippen molar-refractivity contribution in [1.29, 1.82) is 5.26 Å². The van der Waals surface area contributed by atoms with Crippen molar-refractivity contribution < 1.29 is 4.79 Å². The van der Waals surface area contributed by atoms with Crippen LogP contribution >= 0.6 is 0 Å². The molecule has 86 valence electrons. The highest BCUT2D eigenvalue weighted by Crippen LogP contribution is 2.14. The molecule has 5 nitrogen and oxygen atoms in total. The second-order valence-electron chi connectivity index (χ2n) is 3.68. The second-order valence-corrected chi connectivity index (χ2v) is 3.68. The van der Waals surface area contributed by atoms with E-state index in [2.05, 4.69) is 10.3 Å². The van der Waals surface area contributed by atoms with Crippen molar-refractivity contribution in [3.63, 3.8) is 0 Å². The van der Waals surface area contributed by atoms with Crippen LogP contribution in [0.5, 0.6) is 0 Å². The number of imidazole rings is 1. The average Bonchev–Trinajstić information content (AvgIpc) is 2.51. The first-order chi connectivity index (χ1) is 7.60. The van der Waals surface area contributed by atoms with Gasteiger partial charge in [-0.3, -0.25) is 4.79 Å². The Labute approximate surface area is 95.1 Å². The number of hydrogen-bond donors (Lipinski definition) is 1. The molecule has 1 amide bonds. The number of hydrogen-bond acceptors (Lipinski definition) is 3. The summed E-state index contributed by atoms with van der Waals surface area (Å²) in [6, 6.07) is 2.03. The summed E-state index contributed by atoms with van der Waals surface area (Å²) in [6.45, 7) is 3.82. The number of aromatic nitrogens is 2. The van der Waals surface area contributed by atoms with Gasteiger partial charge in [-0.25, -0.2) is 4.98 Å². The number of aryl methyl sites for hydroxylation is 1. The smallest absolute Gasteiger partial charge is 0.225 e. The molecule has 5 heteroatoms. The SMILES string of the molecule is CCCCC(=O)Nc1nc(C)n(C)c1C#N. The zero-order valence-electron chi connectivity index (χ0n) is 9.87. The lowest BCUT2D eigenvalue weighted by Gasteiger charge is -2.01. The van der Waals surface area contributed by atoms with Crippen LogP contribution < -0.4 is 5.32 Å². The van der Waals surface area contributed by atoms with Crippen LogP contribution in [0.15, 0.2) is 0 Å². The molecule has 16 heavy (non-hydrogen) atoms. The predicted octanol–water partition coefficient (Wildman–Crippen LogP) is 1.73. The Kier molecular flexibility index (Phi) is 4.06. The summed E-state index contributed by atoms with van der Waals surface area (Å²) >= 11 is 0. The maximum absolute atomic E-state index is 11.5. The Morgan fingerprint density at radius 2 is 2.31 bits per heavy atom. The zero-order valence-corrected chi connectivity index (χ0v) is 9.87. The first-order valence-electron chi connectivity index (χ1n) is 5.33. The molecular weight excluding hydrogens is 204 g/mol. The van der Waals surface area contributed by atoms with E-state index >= 15 is 0 Å². The van der Waals surface area contributed by atoms with E-state index in [1.165, 1.54) is 0 Å². The highest BCUT2D eigenvalue weighted by Gasteiger charge is 2.13. The average molecular weight is 220 g/mol. The Morgan fingerprint density at radius 1 is 1.62 bits per heavy atom. The van der Waals surface area contributed by atoms with Crippen LogP contribution in [-0.2, 0) is 11.8 Å². The van der Waals surface area contributed by atoms with E-state index in [-0.39, 0.29) is 5.91 Å². The molecule has 0 aromatic carbocycles. The molecule has 1 heterocycles. The van der Waals surface area contributed by atoms with Crippen LogP contribution in [0.3, 0.4) is 0 Å². The molecule has 0 aliphatic heterocycles. The van der Waals surface area contributed by atoms with Gasteiger partial charge in [0.05, 0.1) is 0 Å². The van der Waals surface area contributed by atoms with Crippen LogP contribution in [0, 0.1) is 18.3 Å². The molecule has 1 aromatic heterocycles. The summed E-state index contributed by atoms with van der Waals surface area (Å²) in [5.41, 5.74) is 0.391. The molecule has 0 fully saturated rings. The molecule has 0 unspecified atom stereocenters. The second kappa shape index (κ2) is 5.31. The molecule has 0 aliphatic rings. The van der Waals surface area contributed by atoms with Crippen molar-refractivity contribution in [1.82, 2.24) is 9.55 Å². The largest absolute Gasteiger partial charge is 0.321 e. The summed E-state index contributed by atoms with van der Waals surface area (Å²) in [6.07, 6.45) is 2.29. The van der Waals surface area contributed by atoms with E-state index in [4.69, 9.17) is 5.26 Å². The van der Waals surface area contributed by atoms with Crippen molar-refractivity contribution in [2.45, 2.75) is 33.1 Å². The molecule has 1 aromatic rings. The Balaban J connectivity index is 2.78. The van der Waals surface area contributed by atoms with Gasteiger partial charge in [-0.2, -0.15) is 5.26 Å². The third-order valence-corrected chi connectivity index (χ3v) is 2.44. The van der Waals surface area contributed by atoms with E-state index in [0.717, 1.165) is 12.8 Å². The number of nitrogens with one attached hydrogen (secondary N) is 1. The molecular formula is C11H16N4O. The van der Waals surface area contributed by atoms with Crippen molar-refractivity contribution in [2.75, 3.05) is 5.32 Å². The number of amides is 1. The fraction of sp³-hybridized carbons (Fsp3) is 0.545. The molecule has 0 atom stereocenters. The standard InChI is InChI=1S/C11H16N4O/c1-4-5-6-10(16)14-11-9(7-12)15(3)8(2)13-11/h4-6H2,1-3H3,(H,14,16). The predicted molar refractivity (Wildman–Crippen MR) is 60.8 cm³/mol. The van der Waals surface area contributed by atoms with E-state index in [1.54, 1.807) is 18.5 Å². The topological polar surface area (TPSA) is 70.7 Å². The lowest BCUT2D eigenvalue weighted by atomic mass is 10.2. The summed E-state index contributed by atoms with van der Waals surface area (Å²) in [4.78, 5) is 15.6. The third kappa shape index (κ3) is 2.60. The minimum Gasteiger partial charge on any atom is -0.321 e. The zero-order chi connectivity index (χ0) is 12.1. The van der Waals surface area contributed by atoms with Crippen molar-refractivity contribution in [2.24, 2.45) is 7.05 Å². The number of nitrogens with zero attached hydrogens (tertiary/aromatic N) is 3. The van der Waals surface area contributed by atoms with Crippen LogP contribution in [0.2, 0.25) is 0 Å². The van der Waals surface area contributed by atoms with Gasteiger partial charge in [-0.05, 0) is 13.3 Å². The fourth-order valence-electron chi connectivity index (χ4n) is 1.36. The van der Waals surface area contributed by atoms with Gasteiger partial charge in [-0.1, -0.05) is 13.3 Å². The van der Waals surface area contributed by atoms with Crippen LogP contribution in [0.1, 0.15) is 37.7 Å². The number of carbonyl (C=O) groups is 1. The summed E-state index contributed by atoms with van der Waals surface area (Å²) in [7, 11) is 1.75. The first-order valence-corrected chi connectivity index (χ1v) is 5.33. The van der Waals surface area contributed by atoms with Crippen LogP contribution in [-0.4, -0.2) is 15.5 Å². The van der Waals surface area contributed by atoms with E-state index < -0.39 is 0 Å². The van der Waals surface area contributed by atoms with Gasteiger partial charge in [0, 0.05) is 13.5 Å². The molecule has 0 saturated heterocycles. The number of nitriles is 1. The molecule has 0 spiro atoms. The fourth-order valence-corrected chi connectivity index (χ4v) is 1.36. The Bertz CT molecular complexity index is 428. The molecule has 0 bridgehead atoms. The monoisotopic (exact) mass is 220 g/mol. The van der Waals surface area contributed by atoms with Gasteiger partial charge >= 0.3 is 0 Å².